The highest BCUT2D eigenvalue weighted by Gasteiger charge is 2.40. The minimum atomic E-state index is 0.201. The highest BCUT2D eigenvalue weighted by atomic mass is 16.2. The Balaban J connectivity index is 2.09. The largest absolute Gasteiger partial charge is 0.305 e. The van der Waals surface area contributed by atoms with Gasteiger partial charge in [-0.1, -0.05) is 24.3 Å². The number of allylic oxidation sites excluding steroid dienone is 1. The molecule has 0 aromatic heterocycles. The van der Waals surface area contributed by atoms with E-state index in [0.717, 1.165) is 24.1 Å². The van der Waals surface area contributed by atoms with Crippen molar-refractivity contribution < 1.29 is 4.79 Å². The molecule has 1 saturated heterocycles. The Morgan fingerprint density at radius 3 is 2.93 bits per heavy atom. The summed E-state index contributed by atoms with van der Waals surface area (Å²) in [4.78, 5) is 14.0. The van der Waals surface area contributed by atoms with Crippen LogP contribution in [0.1, 0.15) is 18.9 Å². The molecule has 2 heterocycles. The zero-order chi connectivity index (χ0) is 10.4. The van der Waals surface area contributed by atoms with Gasteiger partial charge in [0.1, 0.15) is 0 Å². The SMILES string of the molecule is C/C=C1/CC2Cc3ccccc3N2C1=O. The third-order valence-electron chi connectivity index (χ3n) is 3.37. The van der Waals surface area contributed by atoms with Crippen molar-refractivity contribution >= 4 is 11.6 Å². The van der Waals surface area contributed by atoms with E-state index >= 15 is 0 Å². The number of amides is 1. The fourth-order valence-corrected chi connectivity index (χ4v) is 2.64. The lowest BCUT2D eigenvalue weighted by atomic mass is 10.0. The number of benzene rings is 1. The maximum atomic E-state index is 12.0. The van der Waals surface area contributed by atoms with Crippen molar-refractivity contribution in [3.05, 3.63) is 41.5 Å². The maximum absolute atomic E-state index is 12.0. The number of hydrogen-bond acceptors (Lipinski definition) is 1. The summed E-state index contributed by atoms with van der Waals surface area (Å²) in [5.41, 5.74) is 3.39. The van der Waals surface area contributed by atoms with E-state index in [1.165, 1.54) is 5.56 Å². The third-order valence-corrected chi connectivity index (χ3v) is 3.37. The van der Waals surface area contributed by atoms with Gasteiger partial charge in [-0.05, 0) is 31.4 Å². The molecule has 1 fully saturated rings. The van der Waals surface area contributed by atoms with Gasteiger partial charge in [0.15, 0.2) is 0 Å². The van der Waals surface area contributed by atoms with Crippen LogP contribution in [-0.4, -0.2) is 11.9 Å². The van der Waals surface area contributed by atoms with Crippen LogP contribution in [0.4, 0.5) is 5.69 Å². The first kappa shape index (κ1) is 8.72. The van der Waals surface area contributed by atoms with Crippen molar-refractivity contribution in [3.63, 3.8) is 0 Å². The molecule has 1 aromatic carbocycles. The van der Waals surface area contributed by atoms with E-state index < -0.39 is 0 Å². The minimum Gasteiger partial charge on any atom is -0.305 e. The number of carbonyl (C=O) groups is 1. The van der Waals surface area contributed by atoms with Gasteiger partial charge in [-0.15, -0.1) is 0 Å². The average Bonchev–Trinajstić information content (AvgIpc) is 2.75. The molecule has 0 N–H and O–H groups in total. The first-order chi connectivity index (χ1) is 7.31. The number of carbonyl (C=O) groups excluding carboxylic acids is 1. The molecular formula is C13H13NO. The van der Waals surface area contributed by atoms with Gasteiger partial charge in [0.2, 0.25) is 0 Å². The lowest BCUT2D eigenvalue weighted by molar-refractivity contribution is -0.114. The average molecular weight is 199 g/mol. The van der Waals surface area contributed by atoms with Crippen molar-refractivity contribution in [1.29, 1.82) is 0 Å². The number of anilines is 1. The van der Waals surface area contributed by atoms with Crippen LogP contribution in [0.15, 0.2) is 35.9 Å². The summed E-state index contributed by atoms with van der Waals surface area (Å²) in [7, 11) is 0. The van der Waals surface area contributed by atoms with Gasteiger partial charge in [0.05, 0.1) is 0 Å². The van der Waals surface area contributed by atoms with Crippen molar-refractivity contribution in [2.24, 2.45) is 0 Å². The Hall–Kier alpha value is -1.57. The van der Waals surface area contributed by atoms with Crippen LogP contribution in [0, 0.1) is 0 Å². The molecule has 1 unspecified atom stereocenters. The van der Waals surface area contributed by atoms with Gasteiger partial charge in [0.25, 0.3) is 5.91 Å². The molecule has 0 saturated carbocycles. The quantitative estimate of drug-likeness (QED) is 0.587. The van der Waals surface area contributed by atoms with Crippen LogP contribution in [0.25, 0.3) is 0 Å². The standard InChI is InChI=1S/C13H13NO/c1-2-9-7-11-8-10-5-3-4-6-12(10)14(11)13(9)15/h2-6,11H,7-8H2,1H3/b9-2-. The molecule has 0 bridgehead atoms. The molecule has 1 aromatic rings. The number of fused-ring (bicyclic) bond motifs is 3. The maximum Gasteiger partial charge on any atom is 0.254 e. The van der Waals surface area contributed by atoms with Gasteiger partial charge in [-0.2, -0.15) is 0 Å². The van der Waals surface area contributed by atoms with Gasteiger partial charge < -0.3 is 4.90 Å². The Morgan fingerprint density at radius 2 is 2.13 bits per heavy atom. The van der Waals surface area contributed by atoms with Gasteiger partial charge in [-0.3, -0.25) is 4.79 Å². The van der Waals surface area contributed by atoms with Crippen LogP contribution in [-0.2, 0) is 11.2 Å². The van der Waals surface area contributed by atoms with Gasteiger partial charge in [0, 0.05) is 17.3 Å². The summed E-state index contributed by atoms with van der Waals surface area (Å²) >= 11 is 0. The summed E-state index contributed by atoms with van der Waals surface area (Å²) in [6, 6.07) is 8.59. The second kappa shape index (κ2) is 2.96. The van der Waals surface area contributed by atoms with Crippen LogP contribution in [0.3, 0.4) is 0 Å². The van der Waals surface area contributed by atoms with Crippen LogP contribution >= 0.6 is 0 Å². The van der Waals surface area contributed by atoms with E-state index in [1.807, 2.05) is 36.1 Å². The number of para-hydroxylation sites is 1. The molecule has 2 heteroatoms. The molecule has 2 aliphatic rings. The summed E-state index contributed by atoms with van der Waals surface area (Å²) in [5, 5.41) is 0. The fraction of sp³-hybridized carbons (Fsp3) is 0.308. The van der Waals surface area contributed by atoms with E-state index in [0.29, 0.717) is 6.04 Å². The molecule has 1 amide bonds. The molecule has 2 nitrogen and oxygen atoms in total. The first-order valence-electron chi connectivity index (χ1n) is 5.38. The number of nitrogens with zero attached hydrogens (tertiary/aromatic N) is 1. The Labute approximate surface area is 89.2 Å². The van der Waals surface area contributed by atoms with E-state index in [9.17, 15) is 4.79 Å². The lowest BCUT2D eigenvalue weighted by Crippen LogP contribution is -2.29. The molecule has 15 heavy (non-hydrogen) atoms. The predicted octanol–water partition coefficient (Wildman–Crippen LogP) is 2.29. The topological polar surface area (TPSA) is 20.3 Å². The van der Waals surface area contributed by atoms with Crippen molar-refractivity contribution in [3.8, 4) is 0 Å². The first-order valence-corrected chi connectivity index (χ1v) is 5.38. The van der Waals surface area contributed by atoms with Gasteiger partial charge in [-0.25, -0.2) is 0 Å². The molecular weight excluding hydrogens is 186 g/mol. The van der Waals surface area contributed by atoms with Crippen molar-refractivity contribution in [1.82, 2.24) is 0 Å². The molecule has 76 valence electrons. The second-order valence-electron chi connectivity index (χ2n) is 4.18. The number of hydrogen-bond donors (Lipinski definition) is 0. The van der Waals surface area contributed by atoms with E-state index in [2.05, 4.69) is 6.07 Å². The van der Waals surface area contributed by atoms with E-state index in [-0.39, 0.29) is 5.91 Å². The van der Waals surface area contributed by atoms with Crippen molar-refractivity contribution in [2.45, 2.75) is 25.8 Å². The van der Waals surface area contributed by atoms with Crippen molar-refractivity contribution in [2.75, 3.05) is 4.90 Å². The molecule has 0 radical (unpaired) electrons. The van der Waals surface area contributed by atoms with E-state index in [1.54, 1.807) is 0 Å². The summed E-state index contributed by atoms with van der Waals surface area (Å²) in [6.07, 6.45) is 3.87. The Bertz CT molecular complexity index is 461. The number of rotatable bonds is 0. The summed E-state index contributed by atoms with van der Waals surface area (Å²) in [6.45, 7) is 1.95. The summed E-state index contributed by atoms with van der Waals surface area (Å²) < 4.78 is 0. The second-order valence-corrected chi connectivity index (χ2v) is 4.18. The Morgan fingerprint density at radius 1 is 1.33 bits per heavy atom. The van der Waals surface area contributed by atoms with Crippen LogP contribution in [0.5, 0.6) is 0 Å². The smallest absolute Gasteiger partial charge is 0.254 e. The zero-order valence-corrected chi connectivity index (χ0v) is 8.73. The highest BCUT2D eigenvalue weighted by molar-refractivity contribution is 6.10. The van der Waals surface area contributed by atoms with Crippen LogP contribution < -0.4 is 4.90 Å². The highest BCUT2D eigenvalue weighted by Crippen LogP contribution is 2.39. The summed E-state index contributed by atoms with van der Waals surface area (Å²) in [5.74, 6) is 0.201. The zero-order valence-electron chi connectivity index (χ0n) is 8.73. The van der Waals surface area contributed by atoms with Crippen LogP contribution in [0.2, 0.25) is 0 Å². The third kappa shape index (κ3) is 1.08. The monoisotopic (exact) mass is 199 g/mol. The van der Waals surface area contributed by atoms with E-state index in [4.69, 9.17) is 0 Å². The van der Waals surface area contributed by atoms with Gasteiger partial charge >= 0.3 is 0 Å². The normalized spacial score (nSPS) is 25.9. The fourth-order valence-electron chi connectivity index (χ4n) is 2.64. The predicted molar refractivity (Wildman–Crippen MR) is 59.8 cm³/mol. The molecule has 1 atom stereocenters. The Kier molecular flexibility index (Phi) is 1.72. The molecule has 0 spiro atoms. The minimum absolute atomic E-state index is 0.201. The molecule has 3 rings (SSSR count). The molecule has 0 aliphatic carbocycles. The molecule has 2 aliphatic heterocycles. The lowest BCUT2D eigenvalue weighted by Gasteiger charge is -2.15.